The normalized spacial score (nSPS) is 34.4. The zero-order valence-corrected chi connectivity index (χ0v) is 30.9. The Morgan fingerprint density at radius 3 is 2.33 bits per heavy atom. The van der Waals surface area contributed by atoms with Crippen LogP contribution in [0, 0.1) is 17.8 Å². The molecule has 2 heteroatoms. The van der Waals surface area contributed by atoms with E-state index in [1.54, 1.807) is 28.0 Å². The second kappa shape index (κ2) is 14.7. The van der Waals surface area contributed by atoms with E-state index in [0.29, 0.717) is 41.9 Å². The first-order valence-electron chi connectivity index (χ1n) is 20.7. The molecule has 1 heterocycles. The Bertz CT molecular complexity index is 1770. The molecule has 1 saturated heterocycles. The monoisotopic (exact) mass is 674 g/mol. The van der Waals surface area contributed by atoms with Gasteiger partial charge < -0.3 is 9.80 Å². The second-order valence-electron chi connectivity index (χ2n) is 16.7. The van der Waals surface area contributed by atoms with E-state index in [2.05, 4.69) is 132 Å². The van der Waals surface area contributed by atoms with Crippen LogP contribution in [0.1, 0.15) is 108 Å². The van der Waals surface area contributed by atoms with Crippen LogP contribution in [0.5, 0.6) is 0 Å². The molecule has 8 unspecified atom stereocenters. The van der Waals surface area contributed by atoms with Crippen LogP contribution in [-0.4, -0.2) is 34.0 Å². The lowest BCUT2D eigenvalue weighted by Gasteiger charge is -2.47. The van der Waals surface area contributed by atoms with E-state index in [-0.39, 0.29) is 0 Å². The Hall–Kier alpha value is -3.78. The lowest BCUT2D eigenvalue weighted by atomic mass is 9.76. The summed E-state index contributed by atoms with van der Waals surface area (Å²) in [5, 5.41) is 0. The average Bonchev–Trinajstić information content (AvgIpc) is 3.53. The zero-order chi connectivity index (χ0) is 34.1. The van der Waals surface area contributed by atoms with Crippen molar-refractivity contribution >= 4 is 0 Å². The first-order valence-corrected chi connectivity index (χ1v) is 20.7. The van der Waals surface area contributed by atoms with Crippen LogP contribution in [0.25, 0.3) is 0 Å². The lowest BCUT2D eigenvalue weighted by molar-refractivity contribution is 0.0982. The molecule has 1 aliphatic heterocycles. The van der Waals surface area contributed by atoms with Crippen molar-refractivity contribution in [1.29, 1.82) is 0 Å². The highest BCUT2D eigenvalue weighted by atomic mass is 15.3. The molecule has 51 heavy (non-hydrogen) atoms. The smallest absolute Gasteiger partial charge is 0.0543 e. The first kappa shape index (κ1) is 33.1. The summed E-state index contributed by atoms with van der Waals surface area (Å²) in [6.07, 6.45) is 51.9. The van der Waals surface area contributed by atoms with Gasteiger partial charge in [0.15, 0.2) is 0 Å². The molecule has 7 aliphatic carbocycles. The number of rotatable bonds is 7. The van der Waals surface area contributed by atoms with E-state index < -0.39 is 0 Å². The highest BCUT2D eigenvalue weighted by Crippen LogP contribution is 2.50. The molecule has 264 valence electrons. The second-order valence-corrected chi connectivity index (χ2v) is 16.7. The molecular formula is C49H58N2. The maximum Gasteiger partial charge on any atom is 0.0543 e. The molecule has 2 nitrogen and oxygen atoms in total. The third-order valence-electron chi connectivity index (χ3n) is 13.9. The van der Waals surface area contributed by atoms with Crippen LogP contribution in [-0.2, 0) is 0 Å². The molecule has 0 N–H and O–H groups in total. The highest BCUT2D eigenvalue weighted by molar-refractivity contribution is 5.44. The van der Waals surface area contributed by atoms with Crippen molar-refractivity contribution in [3.05, 3.63) is 155 Å². The van der Waals surface area contributed by atoms with Gasteiger partial charge in [-0.3, -0.25) is 0 Å². The highest BCUT2D eigenvalue weighted by Gasteiger charge is 2.49. The van der Waals surface area contributed by atoms with Gasteiger partial charge in [-0.1, -0.05) is 116 Å². The minimum Gasteiger partial charge on any atom is -0.364 e. The van der Waals surface area contributed by atoms with Crippen LogP contribution in [0.15, 0.2) is 149 Å². The molecule has 0 bridgehead atoms. The van der Waals surface area contributed by atoms with Crippen LogP contribution < -0.4 is 0 Å². The van der Waals surface area contributed by atoms with Gasteiger partial charge >= 0.3 is 0 Å². The maximum atomic E-state index is 2.95. The van der Waals surface area contributed by atoms with Crippen LogP contribution in [0.2, 0.25) is 0 Å². The largest absolute Gasteiger partial charge is 0.364 e. The number of hydrogen-bond acceptors (Lipinski definition) is 2. The Kier molecular flexibility index (Phi) is 9.53. The molecule has 8 aliphatic rings. The molecular weight excluding hydrogens is 617 g/mol. The van der Waals surface area contributed by atoms with Gasteiger partial charge in [-0.05, 0) is 136 Å². The average molecular weight is 675 g/mol. The quantitative estimate of drug-likeness (QED) is 0.266. The van der Waals surface area contributed by atoms with Gasteiger partial charge in [0.25, 0.3) is 0 Å². The van der Waals surface area contributed by atoms with Crippen molar-refractivity contribution in [3.63, 3.8) is 0 Å². The van der Waals surface area contributed by atoms with Crippen molar-refractivity contribution in [2.45, 2.75) is 127 Å². The van der Waals surface area contributed by atoms with Gasteiger partial charge in [0.1, 0.15) is 0 Å². The van der Waals surface area contributed by atoms with Crippen molar-refractivity contribution in [2.24, 2.45) is 17.8 Å². The summed E-state index contributed by atoms with van der Waals surface area (Å²) in [7, 11) is 0. The molecule has 0 aromatic heterocycles. The number of hydrogen-bond donors (Lipinski definition) is 0. The van der Waals surface area contributed by atoms with Crippen LogP contribution >= 0.6 is 0 Å². The van der Waals surface area contributed by atoms with E-state index in [9.17, 15) is 0 Å². The summed E-state index contributed by atoms with van der Waals surface area (Å²) in [6.45, 7) is 2.41. The van der Waals surface area contributed by atoms with Gasteiger partial charge in [-0.15, -0.1) is 0 Å². The summed E-state index contributed by atoms with van der Waals surface area (Å²) >= 11 is 0. The van der Waals surface area contributed by atoms with E-state index in [1.165, 1.54) is 94.7 Å². The summed E-state index contributed by atoms with van der Waals surface area (Å²) < 4.78 is 0. The maximum absolute atomic E-state index is 2.95. The molecule has 0 spiro atoms. The van der Waals surface area contributed by atoms with Crippen molar-refractivity contribution < 1.29 is 0 Å². The van der Waals surface area contributed by atoms with E-state index in [4.69, 9.17) is 0 Å². The fourth-order valence-corrected chi connectivity index (χ4v) is 11.3. The Labute approximate surface area is 308 Å². The Balaban J connectivity index is 0.964. The van der Waals surface area contributed by atoms with E-state index >= 15 is 0 Å². The minimum absolute atomic E-state index is 0.481. The third kappa shape index (κ3) is 6.58. The summed E-state index contributed by atoms with van der Waals surface area (Å²) in [5.41, 5.74) is 11.1. The number of allylic oxidation sites excluding steroid dienone is 16. The van der Waals surface area contributed by atoms with Gasteiger partial charge in [0.05, 0.1) is 6.04 Å². The molecule has 8 atom stereocenters. The molecule has 1 saturated carbocycles. The lowest BCUT2D eigenvalue weighted by Crippen LogP contribution is -2.49. The van der Waals surface area contributed by atoms with Gasteiger partial charge in [-0.25, -0.2) is 0 Å². The number of fused-ring (bicyclic) bond motifs is 3. The zero-order valence-electron chi connectivity index (χ0n) is 30.9. The fourth-order valence-electron chi connectivity index (χ4n) is 11.3. The molecule has 1 aromatic rings. The topological polar surface area (TPSA) is 6.48 Å². The van der Waals surface area contributed by atoms with Crippen LogP contribution in [0.4, 0.5) is 0 Å². The number of benzene rings is 1. The predicted octanol–water partition coefficient (Wildman–Crippen LogP) is 12.0. The standard InChI is InChI=1S/C49H58N2/c1-35-12-8-9-17-45(35)40-22-20-37(21-23-40)39-26-30-43(31-27-39)51-48-19-11-10-18-46(48)47-33-32-44(34-49(47)51)50(41-15-6-3-7-16-41)42-28-24-38(25-29-42)36-13-4-2-5-14-36/h2,4-6,8,10-16,18,20,22,24,26,28,30,35,38,42,44-45,47-49H,3,7,9,17,19,21,23,25,27,29,31-34H2,1H3. The molecule has 9 rings (SSSR count). The summed E-state index contributed by atoms with van der Waals surface area (Å²) in [4.78, 5) is 5.85. The van der Waals surface area contributed by atoms with E-state index in [1.807, 2.05) is 0 Å². The Morgan fingerprint density at radius 2 is 1.59 bits per heavy atom. The van der Waals surface area contributed by atoms with Gasteiger partial charge in [0, 0.05) is 41.4 Å². The predicted molar refractivity (Wildman–Crippen MR) is 214 cm³/mol. The fraction of sp³-hybridized carbons (Fsp3) is 0.469. The summed E-state index contributed by atoms with van der Waals surface area (Å²) in [5.74, 6) is 2.66. The molecule has 0 amide bonds. The minimum atomic E-state index is 0.481. The van der Waals surface area contributed by atoms with Gasteiger partial charge in [-0.2, -0.15) is 0 Å². The Morgan fingerprint density at radius 1 is 0.706 bits per heavy atom. The summed E-state index contributed by atoms with van der Waals surface area (Å²) in [6, 6.07) is 13.3. The van der Waals surface area contributed by atoms with Crippen molar-refractivity contribution in [3.8, 4) is 0 Å². The van der Waals surface area contributed by atoms with Crippen molar-refractivity contribution in [2.75, 3.05) is 0 Å². The number of likely N-dealkylation sites (tertiary alicyclic amines) is 1. The third-order valence-corrected chi connectivity index (χ3v) is 13.9. The van der Waals surface area contributed by atoms with Crippen molar-refractivity contribution in [1.82, 2.24) is 9.80 Å². The van der Waals surface area contributed by atoms with E-state index in [0.717, 1.165) is 12.3 Å². The molecule has 0 radical (unpaired) electrons. The SMILES string of the molecule is CC1C=CCCC1C1=CC=C(C2=CC=C(N3C4CC=CC=C4C4CCC(N(C5=CCCC=C5)C5C=CC(c6ccccc6)CC5)CC43)CC2)CC1. The molecule has 2 fully saturated rings. The van der Waals surface area contributed by atoms with Gasteiger partial charge in [0.2, 0.25) is 0 Å². The molecule has 1 aromatic carbocycles. The van der Waals surface area contributed by atoms with Crippen LogP contribution in [0.3, 0.4) is 0 Å². The first-order chi connectivity index (χ1) is 25.2. The number of nitrogens with zero attached hydrogens (tertiary/aromatic N) is 2.